The second-order valence-corrected chi connectivity index (χ2v) is 8.28. The molecule has 0 bridgehead atoms. The van der Waals surface area contributed by atoms with Crippen LogP contribution in [-0.2, 0) is 14.3 Å². The van der Waals surface area contributed by atoms with Crippen molar-refractivity contribution in [1.29, 1.82) is 0 Å². The van der Waals surface area contributed by atoms with Crippen molar-refractivity contribution in [2.75, 3.05) is 13.7 Å². The molecule has 3 rings (SSSR count). The number of hydrogen-bond acceptors (Lipinski definition) is 6. The smallest absolute Gasteiger partial charge is 0.343 e. The Balaban J connectivity index is 1.76. The fourth-order valence-corrected chi connectivity index (χ4v) is 3.92. The largest absolute Gasteiger partial charge is 0.481 e. The average Bonchev–Trinajstić information content (AvgIpc) is 3.03. The Hall–Kier alpha value is -2.00. The van der Waals surface area contributed by atoms with Gasteiger partial charge in [-0.25, -0.2) is 9.79 Å². The Labute approximate surface area is 189 Å². The molecule has 1 aliphatic heterocycles. The van der Waals surface area contributed by atoms with Gasteiger partial charge < -0.3 is 14.8 Å². The van der Waals surface area contributed by atoms with E-state index in [4.69, 9.17) is 27.9 Å². The van der Waals surface area contributed by atoms with Crippen LogP contribution in [-0.4, -0.2) is 30.8 Å². The Morgan fingerprint density at radius 1 is 1.31 bits per heavy atom. The molecule has 0 saturated carbocycles. The Morgan fingerprint density at radius 3 is 2.83 bits per heavy atom. The minimum atomic E-state index is -0.478. The summed E-state index contributed by atoms with van der Waals surface area (Å²) in [5.41, 5.74) is 1.24. The lowest BCUT2D eigenvalue weighted by molar-refractivity contribution is -0.142. The van der Waals surface area contributed by atoms with Crippen LogP contribution in [0.2, 0.25) is 10.0 Å². The van der Waals surface area contributed by atoms with Crippen LogP contribution in [0.4, 0.5) is 5.69 Å². The average molecular weight is 516 g/mol. The molecule has 10 heteroatoms. The number of thioether (sulfide) groups is 1. The van der Waals surface area contributed by atoms with Crippen LogP contribution in [0, 0.1) is 0 Å². The number of ether oxygens (including phenoxy) is 2. The fraction of sp³-hybridized carbons (Fsp3) is 0.105. The molecule has 150 valence electrons. The molecule has 0 unspecified atom stereocenters. The van der Waals surface area contributed by atoms with Gasteiger partial charge in [0.25, 0.3) is 5.91 Å². The number of carbonyl (C=O) groups is 2. The molecule has 1 saturated heterocycles. The molecule has 29 heavy (non-hydrogen) atoms. The highest BCUT2D eigenvalue weighted by Crippen LogP contribution is 2.35. The number of amidine groups is 1. The van der Waals surface area contributed by atoms with Crippen molar-refractivity contribution in [3.63, 3.8) is 0 Å². The zero-order valence-electron chi connectivity index (χ0n) is 14.9. The van der Waals surface area contributed by atoms with Crippen molar-refractivity contribution in [2.24, 2.45) is 4.99 Å². The molecule has 1 heterocycles. The van der Waals surface area contributed by atoms with Gasteiger partial charge in [0.15, 0.2) is 11.8 Å². The number of amides is 1. The van der Waals surface area contributed by atoms with E-state index in [1.165, 1.54) is 18.9 Å². The van der Waals surface area contributed by atoms with E-state index in [2.05, 4.69) is 31.0 Å². The summed E-state index contributed by atoms with van der Waals surface area (Å²) in [6.07, 6.45) is 1.72. The van der Waals surface area contributed by atoms with Crippen LogP contribution in [0.1, 0.15) is 5.56 Å². The molecular formula is C19H13BrCl2N2O4S. The van der Waals surface area contributed by atoms with E-state index in [-0.39, 0.29) is 12.5 Å². The van der Waals surface area contributed by atoms with E-state index in [1.54, 1.807) is 42.5 Å². The third-order valence-electron chi connectivity index (χ3n) is 3.63. The first-order chi connectivity index (χ1) is 13.9. The van der Waals surface area contributed by atoms with Crippen LogP contribution in [0.15, 0.2) is 50.8 Å². The van der Waals surface area contributed by atoms with E-state index in [0.29, 0.717) is 36.0 Å². The van der Waals surface area contributed by atoms with Crippen LogP contribution >= 0.6 is 50.9 Å². The minimum absolute atomic E-state index is 0.195. The first kappa shape index (κ1) is 21.7. The van der Waals surface area contributed by atoms with Crippen molar-refractivity contribution >= 4 is 79.7 Å². The molecular weight excluding hydrogens is 503 g/mol. The Bertz CT molecular complexity index is 1040. The summed E-state index contributed by atoms with van der Waals surface area (Å²) in [7, 11) is 1.29. The van der Waals surface area contributed by atoms with Gasteiger partial charge in [-0.05, 0) is 63.6 Å². The molecule has 0 atom stereocenters. The van der Waals surface area contributed by atoms with Gasteiger partial charge in [0.1, 0.15) is 5.75 Å². The summed E-state index contributed by atoms with van der Waals surface area (Å²) >= 11 is 16.7. The van der Waals surface area contributed by atoms with Crippen molar-refractivity contribution in [1.82, 2.24) is 5.32 Å². The molecule has 0 radical (unpaired) electrons. The first-order valence-corrected chi connectivity index (χ1v) is 10.5. The number of nitrogens with one attached hydrogen (secondary N) is 1. The number of rotatable bonds is 5. The normalized spacial score (nSPS) is 16.2. The highest BCUT2D eigenvalue weighted by Gasteiger charge is 2.24. The summed E-state index contributed by atoms with van der Waals surface area (Å²) in [4.78, 5) is 28.3. The van der Waals surface area contributed by atoms with Gasteiger partial charge in [0.05, 0.1) is 32.2 Å². The molecule has 1 N–H and O–H groups in total. The molecule has 1 aliphatic rings. The van der Waals surface area contributed by atoms with Gasteiger partial charge in [-0.3, -0.25) is 4.79 Å². The molecule has 0 aliphatic carbocycles. The number of carbonyl (C=O) groups excluding carboxylic acids is 2. The van der Waals surface area contributed by atoms with Crippen LogP contribution in [0.3, 0.4) is 0 Å². The number of esters is 1. The maximum absolute atomic E-state index is 12.3. The zero-order chi connectivity index (χ0) is 21.0. The summed E-state index contributed by atoms with van der Waals surface area (Å²) in [5.74, 6) is -0.262. The number of aliphatic imine (C=N–C) groups is 1. The molecule has 0 aromatic heterocycles. The van der Waals surface area contributed by atoms with Gasteiger partial charge in [-0.1, -0.05) is 35.3 Å². The van der Waals surface area contributed by atoms with Gasteiger partial charge in [-0.15, -0.1) is 0 Å². The van der Waals surface area contributed by atoms with Crippen LogP contribution in [0.25, 0.3) is 6.08 Å². The molecule has 2 aromatic carbocycles. The quantitative estimate of drug-likeness (QED) is 0.437. The Kier molecular flexibility index (Phi) is 7.23. The van der Waals surface area contributed by atoms with E-state index in [0.717, 1.165) is 5.56 Å². The van der Waals surface area contributed by atoms with Crippen molar-refractivity contribution in [2.45, 2.75) is 0 Å². The maximum Gasteiger partial charge on any atom is 0.343 e. The third kappa shape index (κ3) is 5.54. The lowest BCUT2D eigenvalue weighted by Crippen LogP contribution is -2.19. The number of halogens is 3. The second kappa shape index (κ2) is 9.67. The lowest BCUT2D eigenvalue weighted by Gasteiger charge is -2.07. The summed E-state index contributed by atoms with van der Waals surface area (Å²) in [6.45, 7) is -0.195. The first-order valence-electron chi connectivity index (χ1n) is 8.10. The van der Waals surface area contributed by atoms with E-state index in [9.17, 15) is 9.59 Å². The Morgan fingerprint density at radius 2 is 2.10 bits per heavy atom. The predicted molar refractivity (Wildman–Crippen MR) is 119 cm³/mol. The van der Waals surface area contributed by atoms with E-state index < -0.39 is 5.97 Å². The molecule has 0 spiro atoms. The van der Waals surface area contributed by atoms with E-state index >= 15 is 0 Å². The zero-order valence-corrected chi connectivity index (χ0v) is 18.8. The van der Waals surface area contributed by atoms with E-state index in [1.807, 2.05) is 0 Å². The lowest BCUT2D eigenvalue weighted by atomic mass is 10.2. The van der Waals surface area contributed by atoms with Crippen LogP contribution < -0.4 is 10.1 Å². The molecule has 1 fully saturated rings. The number of nitrogens with zero attached hydrogens (tertiary/aromatic N) is 1. The predicted octanol–water partition coefficient (Wildman–Crippen LogP) is 5.20. The van der Waals surface area contributed by atoms with Gasteiger partial charge in [0, 0.05) is 0 Å². The topological polar surface area (TPSA) is 77.0 Å². The minimum Gasteiger partial charge on any atom is -0.481 e. The van der Waals surface area contributed by atoms with Gasteiger partial charge in [-0.2, -0.15) is 0 Å². The molecule has 6 nitrogen and oxygen atoms in total. The molecule has 2 aromatic rings. The second-order valence-electron chi connectivity index (χ2n) is 5.61. The number of methoxy groups -OCH3 is 1. The fourth-order valence-electron chi connectivity index (χ4n) is 2.24. The maximum atomic E-state index is 12.3. The monoisotopic (exact) mass is 514 g/mol. The van der Waals surface area contributed by atoms with Crippen molar-refractivity contribution < 1.29 is 19.1 Å². The standard InChI is InChI=1S/C19H13BrCl2N2O4S/c1-27-16(25)9-28-14-6-5-10(7-11(14)20)8-15-18(26)24-19(29-15)23-13-4-2-3-12(21)17(13)22/h2-8H,9H2,1H3,(H,23,24,26)/b15-8-. The highest BCUT2D eigenvalue weighted by atomic mass is 79.9. The highest BCUT2D eigenvalue weighted by molar-refractivity contribution is 9.10. The third-order valence-corrected chi connectivity index (χ3v) is 5.97. The van der Waals surface area contributed by atoms with Gasteiger partial charge >= 0.3 is 5.97 Å². The van der Waals surface area contributed by atoms with Crippen LogP contribution in [0.5, 0.6) is 5.75 Å². The van der Waals surface area contributed by atoms with Gasteiger partial charge in [0.2, 0.25) is 0 Å². The number of benzene rings is 2. The summed E-state index contributed by atoms with van der Waals surface area (Å²) < 4.78 is 10.5. The summed E-state index contributed by atoms with van der Waals surface area (Å²) in [5, 5.41) is 3.81. The SMILES string of the molecule is COC(=O)COc1ccc(/C=C2\SC(=Nc3cccc(Cl)c3Cl)NC2=O)cc1Br. The molecule has 1 amide bonds. The van der Waals surface area contributed by atoms with Crippen molar-refractivity contribution in [3.8, 4) is 5.75 Å². The number of hydrogen-bond donors (Lipinski definition) is 1. The van der Waals surface area contributed by atoms with Crippen molar-refractivity contribution in [3.05, 3.63) is 61.4 Å². The summed E-state index contributed by atoms with van der Waals surface area (Å²) in [6, 6.07) is 10.3.